The monoisotopic (exact) mass is 373 g/mol. The predicted molar refractivity (Wildman–Crippen MR) is 105 cm³/mol. The molecular weight excluding hydrogens is 350 g/mol. The summed E-state index contributed by atoms with van der Waals surface area (Å²) >= 11 is 3.38. The van der Waals surface area contributed by atoms with Gasteiger partial charge in [0.15, 0.2) is 0 Å². The van der Waals surface area contributed by atoms with Crippen LogP contribution in [0.2, 0.25) is 0 Å². The number of anilines is 2. The van der Waals surface area contributed by atoms with E-state index in [1.807, 2.05) is 18.3 Å². The molecule has 0 radical (unpaired) electrons. The van der Waals surface area contributed by atoms with Gasteiger partial charge in [0.25, 0.3) is 5.91 Å². The summed E-state index contributed by atoms with van der Waals surface area (Å²) in [6, 6.07) is 8.46. The molecule has 3 heterocycles. The summed E-state index contributed by atoms with van der Waals surface area (Å²) in [4.78, 5) is 20.2. The van der Waals surface area contributed by atoms with Crippen LogP contribution in [-0.4, -0.2) is 29.2 Å². The van der Waals surface area contributed by atoms with Crippen LogP contribution in [0.5, 0.6) is 0 Å². The summed E-state index contributed by atoms with van der Waals surface area (Å²) in [5, 5.41) is 5.45. The quantitative estimate of drug-likeness (QED) is 0.782. The van der Waals surface area contributed by atoms with Crippen molar-refractivity contribution in [3.8, 4) is 0 Å². The van der Waals surface area contributed by atoms with Crippen LogP contribution in [0.3, 0.4) is 0 Å². The van der Waals surface area contributed by atoms with Gasteiger partial charge in [-0.05, 0) is 37.1 Å². The number of nitrogens with zero attached hydrogens (tertiary/aromatic N) is 2. The molecular formula is C19H23N3OS2. The molecule has 132 valence electrons. The third-order valence-electron chi connectivity index (χ3n) is 4.87. The molecule has 6 heteroatoms. The lowest BCUT2D eigenvalue weighted by molar-refractivity contribution is 0.0937. The highest BCUT2D eigenvalue weighted by atomic mass is 32.2. The van der Waals surface area contributed by atoms with Gasteiger partial charge in [-0.2, -0.15) is 0 Å². The van der Waals surface area contributed by atoms with E-state index in [-0.39, 0.29) is 5.91 Å². The summed E-state index contributed by atoms with van der Waals surface area (Å²) in [6.45, 7) is 0.952. The molecule has 2 aliphatic rings. The van der Waals surface area contributed by atoms with Gasteiger partial charge in [0, 0.05) is 24.5 Å². The molecule has 0 atom stereocenters. The molecule has 1 amide bonds. The van der Waals surface area contributed by atoms with E-state index in [9.17, 15) is 4.79 Å². The van der Waals surface area contributed by atoms with E-state index in [4.69, 9.17) is 0 Å². The Morgan fingerprint density at radius 3 is 2.84 bits per heavy atom. The van der Waals surface area contributed by atoms with Crippen molar-refractivity contribution in [3.63, 3.8) is 0 Å². The van der Waals surface area contributed by atoms with Gasteiger partial charge < -0.3 is 10.2 Å². The van der Waals surface area contributed by atoms with E-state index in [2.05, 4.69) is 27.3 Å². The molecule has 0 unspecified atom stereocenters. The van der Waals surface area contributed by atoms with Gasteiger partial charge in [-0.3, -0.25) is 4.79 Å². The molecule has 1 aliphatic heterocycles. The SMILES string of the molecule is O=C(NC1CCCCCC1)c1ccc(N2CCSc3ncccc32)s1. The fourth-order valence-electron chi connectivity index (χ4n) is 3.56. The number of carbonyl (C=O) groups is 1. The highest BCUT2D eigenvalue weighted by Gasteiger charge is 2.22. The van der Waals surface area contributed by atoms with Crippen LogP contribution in [0, 0.1) is 0 Å². The first-order valence-corrected chi connectivity index (χ1v) is 10.9. The maximum absolute atomic E-state index is 12.6. The number of hydrogen-bond donors (Lipinski definition) is 1. The standard InChI is InChI=1S/C19H23N3OS2/c23-18(21-14-6-3-1-2-4-7-14)16-9-10-17(25-16)22-12-13-24-19-15(22)8-5-11-20-19/h5,8-11,14H,1-4,6-7,12-13H2,(H,21,23). The zero-order valence-corrected chi connectivity index (χ0v) is 15.9. The van der Waals surface area contributed by atoms with Gasteiger partial charge in [-0.15, -0.1) is 23.1 Å². The minimum Gasteiger partial charge on any atom is -0.349 e. The van der Waals surface area contributed by atoms with E-state index in [0.717, 1.165) is 45.7 Å². The molecule has 2 aromatic rings. The van der Waals surface area contributed by atoms with Gasteiger partial charge in [-0.25, -0.2) is 4.98 Å². The zero-order valence-electron chi connectivity index (χ0n) is 14.2. The average molecular weight is 374 g/mol. The number of amides is 1. The van der Waals surface area contributed by atoms with Crippen LogP contribution in [0.1, 0.15) is 48.2 Å². The molecule has 25 heavy (non-hydrogen) atoms. The third kappa shape index (κ3) is 3.85. The van der Waals surface area contributed by atoms with Gasteiger partial charge in [0.05, 0.1) is 15.6 Å². The largest absolute Gasteiger partial charge is 0.349 e. The highest BCUT2D eigenvalue weighted by molar-refractivity contribution is 7.99. The zero-order chi connectivity index (χ0) is 17.1. The number of nitrogens with one attached hydrogen (secondary N) is 1. The second-order valence-electron chi connectivity index (χ2n) is 6.63. The minimum atomic E-state index is 0.0842. The Morgan fingerprint density at radius 2 is 2.00 bits per heavy atom. The predicted octanol–water partition coefficient (Wildman–Crippen LogP) is 4.84. The topological polar surface area (TPSA) is 45.2 Å². The molecule has 1 saturated carbocycles. The molecule has 4 nitrogen and oxygen atoms in total. The fourth-order valence-corrected chi connectivity index (χ4v) is 5.43. The second-order valence-corrected chi connectivity index (χ2v) is 8.77. The third-order valence-corrected chi connectivity index (χ3v) is 6.95. The van der Waals surface area contributed by atoms with Gasteiger partial charge >= 0.3 is 0 Å². The first-order valence-electron chi connectivity index (χ1n) is 9.07. The lowest BCUT2D eigenvalue weighted by Crippen LogP contribution is -2.33. The van der Waals surface area contributed by atoms with E-state index in [1.54, 1.807) is 23.1 Å². The van der Waals surface area contributed by atoms with Crippen molar-refractivity contribution in [1.29, 1.82) is 0 Å². The molecule has 0 aromatic carbocycles. The highest BCUT2D eigenvalue weighted by Crippen LogP contribution is 2.40. The number of thiophene rings is 1. The van der Waals surface area contributed by atoms with Crippen LogP contribution in [-0.2, 0) is 0 Å². The number of hydrogen-bond acceptors (Lipinski definition) is 5. The van der Waals surface area contributed by atoms with Crippen molar-refractivity contribution in [3.05, 3.63) is 35.3 Å². The Labute approximate surface area is 157 Å². The van der Waals surface area contributed by atoms with Crippen LogP contribution >= 0.6 is 23.1 Å². The number of aromatic nitrogens is 1. The summed E-state index contributed by atoms with van der Waals surface area (Å²) in [5.41, 5.74) is 1.15. The Morgan fingerprint density at radius 1 is 1.16 bits per heavy atom. The number of fused-ring (bicyclic) bond motifs is 1. The molecule has 1 aliphatic carbocycles. The van der Waals surface area contributed by atoms with Gasteiger partial charge in [0.2, 0.25) is 0 Å². The van der Waals surface area contributed by atoms with Crippen molar-refractivity contribution in [2.45, 2.75) is 49.6 Å². The van der Waals surface area contributed by atoms with Crippen LogP contribution in [0.4, 0.5) is 10.7 Å². The Balaban J connectivity index is 1.48. The van der Waals surface area contributed by atoms with Crippen molar-refractivity contribution in [2.24, 2.45) is 0 Å². The summed E-state index contributed by atoms with van der Waals surface area (Å²) < 4.78 is 0. The summed E-state index contributed by atoms with van der Waals surface area (Å²) in [7, 11) is 0. The number of carbonyl (C=O) groups excluding carboxylic acids is 1. The molecule has 0 bridgehead atoms. The number of thioether (sulfide) groups is 1. The van der Waals surface area contributed by atoms with Crippen molar-refractivity contribution < 1.29 is 4.79 Å². The van der Waals surface area contributed by atoms with E-state index >= 15 is 0 Å². The Hall–Kier alpha value is -1.53. The normalized spacial score (nSPS) is 18.5. The number of pyridine rings is 1. The van der Waals surface area contributed by atoms with E-state index in [0.29, 0.717) is 6.04 Å². The van der Waals surface area contributed by atoms with Crippen molar-refractivity contribution in [2.75, 3.05) is 17.2 Å². The number of rotatable bonds is 3. The summed E-state index contributed by atoms with van der Waals surface area (Å²) in [5.74, 6) is 1.10. The van der Waals surface area contributed by atoms with Crippen LogP contribution in [0.25, 0.3) is 0 Å². The van der Waals surface area contributed by atoms with E-state index < -0.39 is 0 Å². The Bertz CT molecular complexity index is 738. The molecule has 2 aromatic heterocycles. The maximum atomic E-state index is 12.6. The second kappa shape index (κ2) is 7.79. The molecule has 0 saturated heterocycles. The fraction of sp³-hybridized carbons (Fsp3) is 0.474. The maximum Gasteiger partial charge on any atom is 0.261 e. The van der Waals surface area contributed by atoms with Crippen molar-refractivity contribution in [1.82, 2.24) is 10.3 Å². The molecule has 4 rings (SSSR count). The first-order chi connectivity index (χ1) is 12.3. The van der Waals surface area contributed by atoms with E-state index in [1.165, 1.54) is 25.7 Å². The van der Waals surface area contributed by atoms with Gasteiger partial charge in [0.1, 0.15) is 5.03 Å². The molecule has 1 fully saturated rings. The van der Waals surface area contributed by atoms with Crippen molar-refractivity contribution >= 4 is 39.7 Å². The lowest BCUT2D eigenvalue weighted by atomic mass is 10.1. The summed E-state index contributed by atoms with van der Waals surface area (Å²) in [6.07, 6.45) is 9.14. The van der Waals surface area contributed by atoms with Gasteiger partial charge in [-0.1, -0.05) is 25.7 Å². The minimum absolute atomic E-state index is 0.0842. The first kappa shape index (κ1) is 16.9. The Kier molecular flexibility index (Phi) is 5.27. The average Bonchev–Trinajstić information content (AvgIpc) is 3.00. The smallest absolute Gasteiger partial charge is 0.261 e. The molecule has 1 N–H and O–H groups in total. The van der Waals surface area contributed by atoms with Crippen LogP contribution < -0.4 is 10.2 Å². The molecule has 0 spiro atoms. The lowest BCUT2D eigenvalue weighted by Gasteiger charge is -2.28. The van der Waals surface area contributed by atoms with Crippen LogP contribution in [0.15, 0.2) is 35.5 Å².